The number of nitrogens with one attached hydrogen (secondary N) is 1. The highest BCUT2D eigenvalue weighted by Crippen LogP contribution is 2.19. The van der Waals surface area contributed by atoms with Gasteiger partial charge in [0.25, 0.3) is 0 Å². The second-order valence-electron chi connectivity index (χ2n) is 4.33. The van der Waals surface area contributed by atoms with Crippen molar-refractivity contribution in [2.24, 2.45) is 4.99 Å². The van der Waals surface area contributed by atoms with Crippen LogP contribution < -0.4 is 5.32 Å². The number of nitrogens with zero attached hydrogens (tertiary/aromatic N) is 2. The molecule has 0 saturated carbocycles. The Hall–Kier alpha value is -2.62. The van der Waals surface area contributed by atoms with Crippen molar-refractivity contribution in [3.63, 3.8) is 0 Å². The zero-order valence-electron chi connectivity index (χ0n) is 11.2. The van der Waals surface area contributed by atoms with E-state index in [9.17, 15) is 0 Å². The number of hydrogen-bond donors (Lipinski definition) is 1. The summed E-state index contributed by atoms with van der Waals surface area (Å²) in [5, 5.41) is 3.33. The van der Waals surface area contributed by atoms with Crippen molar-refractivity contribution in [3.05, 3.63) is 77.6 Å². The molecule has 0 saturated heterocycles. The number of aromatic nitrogens is 1. The average molecular weight is 265 g/mol. The molecule has 1 N–H and O–H groups in total. The molecular formula is C16H15N3O. The van der Waals surface area contributed by atoms with Crippen LogP contribution in [0.2, 0.25) is 0 Å². The van der Waals surface area contributed by atoms with Gasteiger partial charge in [-0.2, -0.15) is 4.99 Å². The molecular weight excluding hydrogens is 250 g/mol. The van der Waals surface area contributed by atoms with E-state index in [-0.39, 0.29) is 0 Å². The molecule has 1 aromatic rings. The zero-order valence-corrected chi connectivity index (χ0v) is 11.2. The lowest BCUT2D eigenvalue weighted by molar-refractivity contribution is 0.226. The first-order valence-electron chi connectivity index (χ1n) is 6.56. The molecule has 0 fully saturated rings. The van der Waals surface area contributed by atoms with Gasteiger partial charge in [-0.15, -0.1) is 0 Å². The van der Waals surface area contributed by atoms with Crippen LogP contribution in [0.1, 0.15) is 12.5 Å². The Morgan fingerprint density at radius 1 is 1.25 bits per heavy atom. The van der Waals surface area contributed by atoms with Gasteiger partial charge < -0.3 is 10.1 Å². The summed E-state index contributed by atoms with van der Waals surface area (Å²) in [4.78, 5) is 8.61. The fourth-order valence-corrected chi connectivity index (χ4v) is 2.03. The Balaban J connectivity index is 2.00. The largest absolute Gasteiger partial charge is 0.478 e. The highest BCUT2D eigenvalue weighted by Gasteiger charge is 2.15. The predicted octanol–water partition coefficient (Wildman–Crippen LogP) is 2.69. The minimum atomic E-state index is 0.587. The summed E-state index contributed by atoms with van der Waals surface area (Å²) in [5.41, 5.74) is 3.02. The van der Waals surface area contributed by atoms with Gasteiger partial charge in [-0.25, -0.2) is 0 Å². The summed E-state index contributed by atoms with van der Waals surface area (Å²) in [5.74, 6) is 1.36. The lowest BCUT2D eigenvalue weighted by Crippen LogP contribution is -2.27. The van der Waals surface area contributed by atoms with Crippen LogP contribution in [-0.2, 0) is 4.74 Å². The number of rotatable bonds is 3. The number of hydrogen-bond acceptors (Lipinski definition) is 4. The zero-order chi connectivity index (χ0) is 13.8. The predicted molar refractivity (Wildman–Crippen MR) is 78.9 cm³/mol. The Labute approximate surface area is 117 Å². The van der Waals surface area contributed by atoms with Gasteiger partial charge in [-0.3, -0.25) is 4.98 Å². The van der Waals surface area contributed by atoms with Gasteiger partial charge in [-0.05, 0) is 24.6 Å². The molecule has 1 aliphatic carbocycles. The smallest absolute Gasteiger partial charge is 0.217 e. The van der Waals surface area contributed by atoms with Crippen LogP contribution in [0.15, 0.2) is 77.1 Å². The van der Waals surface area contributed by atoms with Crippen LogP contribution in [0.25, 0.3) is 0 Å². The molecule has 1 aromatic heterocycles. The van der Waals surface area contributed by atoms with E-state index in [0.29, 0.717) is 12.5 Å². The molecule has 0 unspecified atom stereocenters. The van der Waals surface area contributed by atoms with Gasteiger partial charge in [0.1, 0.15) is 5.84 Å². The molecule has 3 rings (SSSR count). The summed E-state index contributed by atoms with van der Waals surface area (Å²) in [6.45, 7) is 2.54. The molecule has 20 heavy (non-hydrogen) atoms. The van der Waals surface area contributed by atoms with E-state index >= 15 is 0 Å². The third-order valence-electron chi connectivity index (χ3n) is 2.94. The quantitative estimate of drug-likeness (QED) is 0.914. The van der Waals surface area contributed by atoms with Crippen LogP contribution in [0, 0.1) is 0 Å². The van der Waals surface area contributed by atoms with E-state index in [1.807, 2.05) is 37.3 Å². The maximum absolute atomic E-state index is 5.56. The summed E-state index contributed by atoms with van der Waals surface area (Å²) in [7, 11) is 0. The van der Waals surface area contributed by atoms with E-state index < -0.39 is 0 Å². The van der Waals surface area contributed by atoms with Gasteiger partial charge in [0.15, 0.2) is 0 Å². The molecule has 2 heterocycles. The normalized spacial score (nSPS) is 16.9. The van der Waals surface area contributed by atoms with Gasteiger partial charge in [-0.1, -0.05) is 24.3 Å². The SMILES string of the molecule is CCOC1=CC(=C2C=CC=C2)NC(c2cccnc2)=N1. The molecule has 0 aromatic carbocycles. The van der Waals surface area contributed by atoms with Gasteiger partial charge in [0.2, 0.25) is 5.88 Å². The number of ether oxygens (including phenoxy) is 1. The molecule has 0 atom stereocenters. The minimum Gasteiger partial charge on any atom is -0.478 e. The van der Waals surface area contributed by atoms with E-state index in [2.05, 4.69) is 27.4 Å². The van der Waals surface area contributed by atoms with E-state index in [1.54, 1.807) is 12.4 Å². The molecule has 2 aliphatic rings. The maximum atomic E-state index is 5.56. The summed E-state index contributed by atoms with van der Waals surface area (Å²) in [6, 6.07) is 3.86. The van der Waals surface area contributed by atoms with Crippen molar-refractivity contribution in [2.45, 2.75) is 6.92 Å². The van der Waals surface area contributed by atoms with E-state index in [4.69, 9.17) is 4.74 Å². The van der Waals surface area contributed by atoms with Crippen molar-refractivity contribution < 1.29 is 4.74 Å². The fourth-order valence-electron chi connectivity index (χ4n) is 2.03. The molecule has 0 spiro atoms. The van der Waals surface area contributed by atoms with Crippen molar-refractivity contribution in [1.82, 2.24) is 10.3 Å². The Kier molecular flexibility index (Phi) is 3.46. The van der Waals surface area contributed by atoms with Gasteiger partial charge in [0.05, 0.1) is 12.3 Å². The standard InChI is InChI=1S/C16H15N3O/c1-2-20-15-10-14(12-6-3-4-7-12)18-16(19-15)13-8-5-9-17-11-13/h3-11H,2H2,1H3,(H,18,19). The van der Waals surface area contributed by atoms with Crippen LogP contribution in [0.4, 0.5) is 0 Å². The number of amidine groups is 1. The Morgan fingerprint density at radius 3 is 2.80 bits per heavy atom. The molecule has 0 radical (unpaired) electrons. The van der Waals surface area contributed by atoms with Crippen LogP contribution in [0.5, 0.6) is 0 Å². The van der Waals surface area contributed by atoms with Crippen molar-refractivity contribution in [2.75, 3.05) is 6.61 Å². The number of aliphatic imine (C=N–C) groups is 1. The molecule has 0 bridgehead atoms. The van der Waals surface area contributed by atoms with Crippen LogP contribution in [0.3, 0.4) is 0 Å². The summed E-state index contributed by atoms with van der Waals surface area (Å²) < 4.78 is 5.56. The topological polar surface area (TPSA) is 46.5 Å². The maximum Gasteiger partial charge on any atom is 0.217 e. The van der Waals surface area contributed by atoms with E-state index in [0.717, 1.165) is 22.7 Å². The summed E-state index contributed by atoms with van der Waals surface area (Å²) in [6.07, 6.45) is 13.6. The van der Waals surface area contributed by atoms with E-state index in [1.165, 1.54) is 0 Å². The molecule has 100 valence electrons. The molecule has 0 amide bonds. The third kappa shape index (κ3) is 2.54. The third-order valence-corrected chi connectivity index (χ3v) is 2.94. The first-order chi connectivity index (χ1) is 9.86. The fraction of sp³-hybridized carbons (Fsp3) is 0.125. The molecule has 4 nitrogen and oxygen atoms in total. The second kappa shape index (κ2) is 5.57. The Morgan fingerprint density at radius 2 is 2.10 bits per heavy atom. The van der Waals surface area contributed by atoms with Crippen LogP contribution in [-0.4, -0.2) is 17.4 Å². The first kappa shape index (κ1) is 12.4. The Bertz CT molecular complexity index is 638. The number of pyridine rings is 1. The molecule has 4 heteroatoms. The number of allylic oxidation sites excluding steroid dienone is 6. The molecule has 1 aliphatic heterocycles. The van der Waals surface area contributed by atoms with Gasteiger partial charge >= 0.3 is 0 Å². The average Bonchev–Trinajstić information content (AvgIpc) is 3.02. The highest BCUT2D eigenvalue weighted by atomic mass is 16.5. The second-order valence-corrected chi connectivity index (χ2v) is 4.33. The minimum absolute atomic E-state index is 0.587. The summed E-state index contributed by atoms with van der Waals surface area (Å²) >= 11 is 0. The van der Waals surface area contributed by atoms with Crippen molar-refractivity contribution >= 4 is 5.84 Å². The monoisotopic (exact) mass is 265 g/mol. The lowest BCUT2D eigenvalue weighted by Gasteiger charge is -2.18. The van der Waals surface area contributed by atoms with Crippen molar-refractivity contribution in [3.8, 4) is 0 Å². The van der Waals surface area contributed by atoms with Crippen molar-refractivity contribution in [1.29, 1.82) is 0 Å². The van der Waals surface area contributed by atoms with Crippen LogP contribution >= 0.6 is 0 Å². The lowest BCUT2D eigenvalue weighted by atomic mass is 10.1. The van der Waals surface area contributed by atoms with Gasteiger partial charge in [0, 0.05) is 24.0 Å². The first-order valence-corrected chi connectivity index (χ1v) is 6.56. The highest BCUT2D eigenvalue weighted by molar-refractivity contribution is 6.01.